The summed E-state index contributed by atoms with van der Waals surface area (Å²) in [6.45, 7) is 4.05. The van der Waals surface area contributed by atoms with Crippen molar-refractivity contribution in [2.45, 2.75) is 37.9 Å². The lowest BCUT2D eigenvalue weighted by molar-refractivity contribution is -0.0532. The summed E-state index contributed by atoms with van der Waals surface area (Å²) in [6.07, 6.45) is -1.52. The lowest BCUT2D eigenvalue weighted by atomic mass is 9.70. The molecule has 0 heterocycles. The number of aryl methyl sites for hydroxylation is 1. The summed E-state index contributed by atoms with van der Waals surface area (Å²) in [4.78, 5) is 26.9. The van der Waals surface area contributed by atoms with E-state index in [2.05, 4.69) is 66.0 Å². The van der Waals surface area contributed by atoms with Gasteiger partial charge in [0.2, 0.25) is 0 Å². The fourth-order valence-electron chi connectivity index (χ4n) is 5.20. The zero-order valence-electron chi connectivity index (χ0n) is 21.2. The molecule has 198 valence electrons. The predicted octanol–water partition coefficient (Wildman–Crippen LogP) is 8.98. The van der Waals surface area contributed by atoms with Crippen molar-refractivity contribution in [3.05, 3.63) is 138 Å². The van der Waals surface area contributed by atoms with E-state index < -0.39 is 24.1 Å². The van der Waals surface area contributed by atoms with Gasteiger partial charge in [-0.2, -0.15) is 0 Å². The zero-order valence-corrected chi connectivity index (χ0v) is 26.0. The number of fused-ring (bicyclic) bond motifs is 1. The smallest absolute Gasteiger partial charge is 0.338 e. The maximum absolute atomic E-state index is 13.5. The molecule has 4 nitrogen and oxygen atoms in total. The van der Waals surface area contributed by atoms with E-state index in [1.54, 1.807) is 48.5 Å². The summed E-state index contributed by atoms with van der Waals surface area (Å²) in [5.74, 6) is -1.57. The Balaban J connectivity index is 1.69. The Morgan fingerprint density at radius 3 is 1.72 bits per heavy atom. The first-order valence-electron chi connectivity index (χ1n) is 12.5. The van der Waals surface area contributed by atoms with E-state index in [-0.39, 0.29) is 11.8 Å². The first-order valence-corrected chi connectivity index (χ1v) is 14.9. The minimum absolute atomic E-state index is 0.255. The van der Waals surface area contributed by atoms with Gasteiger partial charge in [0.15, 0.2) is 6.10 Å². The second kappa shape index (κ2) is 11.8. The Kier molecular flexibility index (Phi) is 8.40. The van der Waals surface area contributed by atoms with Crippen LogP contribution < -0.4 is 0 Å². The minimum atomic E-state index is -0.783. The number of rotatable bonds is 5. The Bertz CT molecular complexity index is 1520. The van der Waals surface area contributed by atoms with Gasteiger partial charge < -0.3 is 9.47 Å². The van der Waals surface area contributed by atoms with Crippen LogP contribution in [0.5, 0.6) is 0 Å². The van der Waals surface area contributed by atoms with Crippen LogP contribution in [-0.2, 0) is 9.47 Å². The largest absolute Gasteiger partial charge is 0.454 e. The summed E-state index contributed by atoms with van der Waals surface area (Å²) in [5, 5.41) is 0. The molecule has 4 aromatic carbocycles. The highest BCUT2D eigenvalue weighted by Gasteiger charge is 2.47. The van der Waals surface area contributed by atoms with E-state index in [1.165, 1.54) is 0 Å². The van der Waals surface area contributed by atoms with Crippen LogP contribution in [-0.4, -0.2) is 24.1 Å². The topological polar surface area (TPSA) is 52.6 Å². The van der Waals surface area contributed by atoms with Crippen LogP contribution in [0, 0.1) is 6.92 Å². The van der Waals surface area contributed by atoms with E-state index in [0.29, 0.717) is 11.1 Å². The molecule has 0 radical (unpaired) electrons. The van der Waals surface area contributed by atoms with Crippen LogP contribution in [0.4, 0.5) is 0 Å². The van der Waals surface area contributed by atoms with Gasteiger partial charge in [-0.15, -0.1) is 0 Å². The SMILES string of the molecule is Cc1ccc(Br)cc1[C@H]1c2cc(Br)c(Br)cc2C(C)C(OC(=O)c2ccccc2)C1OC(=O)c1ccccc1. The average Bonchev–Trinajstić information content (AvgIpc) is 2.94. The maximum atomic E-state index is 13.5. The molecule has 7 heteroatoms. The van der Waals surface area contributed by atoms with Crippen LogP contribution in [0.15, 0.2) is 104 Å². The second-order valence-corrected chi connectivity index (χ2v) is 12.3. The molecular formula is C32H25Br3O4. The molecule has 1 aliphatic rings. The van der Waals surface area contributed by atoms with Crippen LogP contribution in [0.25, 0.3) is 0 Å². The van der Waals surface area contributed by atoms with E-state index in [0.717, 1.165) is 35.7 Å². The lowest BCUT2D eigenvalue weighted by Gasteiger charge is -2.43. The van der Waals surface area contributed by atoms with Gasteiger partial charge in [0, 0.05) is 19.3 Å². The molecule has 0 aromatic heterocycles. The normalized spacial score (nSPS) is 20.1. The molecule has 0 spiro atoms. The van der Waals surface area contributed by atoms with Crippen molar-refractivity contribution >= 4 is 59.7 Å². The molecule has 0 saturated heterocycles. The van der Waals surface area contributed by atoms with Crippen LogP contribution in [0.3, 0.4) is 0 Å². The van der Waals surface area contributed by atoms with E-state index in [1.807, 2.05) is 38.1 Å². The van der Waals surface area contributed by atoms with E-state index in [4.69, 9.17) is 9.47 Å². The molecule has 1 aliphatic carbocycles. The molecule has 4 atom stereocenters. The quantitative estimate of drug-likeness (QED) is 0.194. The molecular weight excluding hydrogens is 688 g/mol. The molecule has 0 aliphatic heterocycles. The number of hydrogen-bond donors (Lipinski definition) is 0. The standard InChI is InChI=1S/C32H25Br3O4/c1-18-13-14-22(33)15-23(18)28-25-17-27(35)26(34)16-24(25)19(2)29(38-31(36)20-9-5-3-6-10-20)30(28)39-32(37)21-11-7-4-8-12-21/h3-17,19,28-30H,1-2H3/t19?,28-,29?,30?/m0/s1. The fraction of sp³-hybridized carbons (Fsp3) is 0.188. The fourth-order valence-corrected chi connectivity index (χ4v) is 6.30. The number of halogens is 3. The van der Waals surface area contributed by atoms with Gasteiger partial charge in [0.25, 0.3) is 0 Å². The zero-order chi connectivity index (χ0) is 27.7. The molecule has 4 aromatic rings. The van der Waals surface area contributed by atoms with E-state index in [9.17, 15) is 9.59 Å². The third kappa shape index (κ3) is 5.76. The maximum Gasteiger partial charge on any atom is 0.338 e. The highest BCUT2D eigenvalue weighted by atomic mass is 79.9. The monoisotopic (exact) mass is 710 g/mol. The molecule has 3 unspecified atom stereocenters. The van der Waals surface area contributed by atoms with Crippen LogP contribution in [0.1, 0.15) is 61.7 Å². The number of hydrogen-bond acceptors (Lipinski definition) is 4. The van der Waals surface area contributed by atoms with Crippen LogP contribution >= 0.6 is 47.8 Å². The number of benzene rings is 4. The highest BCUT2D eigenvalue weighted by molar-refractivity contribution is 9.13. The lowest BCUT2D eigenvalue weighted by Crippen LogP contribution is -2.47. The molecule has 0 fully saturated rings. The number of esters is 2. The molecule has 0 N–H and O–H groups in total. The van der Waals surface area contributed by atoms with Crippen molar-refractivity contribution in [3.8, 4) is 0 Å². The summed E-state index contributed by atoms with van der Waals surface area (Å²) >= 11 is 10.9. The highest BCUT2D eigenvalue weighted by Crippen LogP contribution is 2.48. The molecule has 0 saturated carbocycles. The van der Waals surface area contributed by atoms with Gasteiger partial charge in [0.1, 0.15) is 6.10 Å². The van der Waals surface area contributed by atoms with Crippen molar-refractivity contribution in [3.63, 3.8) is 0 Å². The summed E-state index contributed by atoms with van der Waals surface area (Å²) in [6, 6.07) is 28.0. The van der Waals surface area contributed by atoms with Crippen molar-refractivity contribution in [1.82, 2.24) is 0 Å². The predicted molar refractivity (Wildman–Crippen MR) is 162 cm³/mol. The first-order chi connectivity index (χ1) is 18.7. The van der Waals surface area contributed by atoms with Crippen molar-refractivity contribution in [2.24, 2.45) is 0 Å². The van der Waals surface area contributed by atoms with Gasteiger partial charge in [-0.1, -0.05) is 65.3 Å². The number of ether oxygens (including phenoxy) is 2. The third-order valence-electron chi connectivity index (χ3n) is 7.18. The Morgan fingerprint density at radius 1 is 0.641 bits per heavy atom. The van der Waals surface area contributed by atoms with Gasteiger partial charge >= 0.3 is 11.9 Å². The molecule has 0 bridgehead atoms. The Hall–Kier alpha value is -2.74. The van der Waals surface area contributed by atoms with Gasteiger partial charge in [-0.05, 0) is 110 Å². The Morgan fingerprint density at radius 2 is 1.15 bits per heavy atom. The van der Waals surface area contributed by atoms with E-state index >= 15 is 0 Å². The van der Waals surface area contributed by atoms with Crippen LogP contribution in [0.2, 0.25) is 0 Å². The molecule has 39 heavy (non-hydrogen) atoms. The Labute approximate surface area is 253 Å². The van der Waals surface area contributed by atoms with Gasteiger partial charge in [-0.3, -0.25) is 0 Å². The summed E-state index contributed by atoms with van der Waals surface area (Å²) in [5.41, 5.74) is 4.93. The molecule has 0 amide bonds. The first kappa shape index (κ1) is 27.8. The average molecular weight is 713 g/mol. The summed E-state index contributed by atoms with van der Waals surface area (Å²) < 4.78 is 15.3. The third-order valence-corrected chi connectivity index (χ3v) is 9.52. The van der Waals surface area contributed by atoms with Crippen molar-refractivity contribution in [2.75, 3.05) is 0 Å². The minimum Gasteiger partial charge on any atom is -0.454 e. The van der Waals surface area contributed by atoms with Gasteiger partial charge in [-0.25, -0.2) is 9.59 Å². The van der Waals surface area contributed by atoms with Crippen molar-refractivity contribution < 1.29 is 19.1 Å². The molecule has 5 rings (SSSR count). The van der Waals surface area contributed by atoms with Gasteiger partial charge in [0.05, 0.1) is 17.0 Å². The number of carbonyl (C=O) groups is 2. The summed E-state index contributed by atoms with van der Waals surface area (Å²) in [7, 11) is 0. The number of carbonyl (C=O) groups excluding carboxylic acids is 2. The van der Waals surface area contributed by atoms with Crippen molar-refractivity contribution in [1.29, 1.82) is 0 Å². The second-order valence-electron chi connectivity index (χ2n) is 9.63.